The predicted octanol–water partition coefficient (Wildman–Crippen LogP) is 3.75. The van der Waals surface area contributed by atoms with Crippen LogP contribution in [0.4, 0.5) is 0 Å². The van der Waals surface area contributed by atoms with E-state index in [1.54, 1.807) is 42.5 Å². The molecule has 0 amide bonds. The van der Waals surface area contributed by atoms with Crippen molar-refractivity contribution in [2.75, 3.05) is 5.75 Å². The SMILES string of the molecule is C=CS(=O)(=O)c1ccccc1.NC1=NC(CCS(=O)(=O)c2ccccc2)CCCC1. The van der Waals surface area contributed by atoms with Crippen molar-refractivity contribution in [3.8, 4) is 0 Å². The van der Waals surface area contributed by atoms with Crippen molar-refractivity contribution in [1.82, 2.24) is 0 Å². The van der Waals surface area contributed by atoms with Crippen LogP contribution < -0.4 is 5.73 Å². The van der Waals surface area contributed by atoms with Gasteiger partial charge in [0.25, 0.3) is 0 Å². The van der Waals surface area contributed by atoms with Crippen LogP contribution in [0.15, 0.2) is 87.4 Å². The van der Waals surface area contributed by atoms with Crippen LogP contribution in [0.1, 0.15) is 32.1 Å². The van der Waals surface area contributed by atoms with Gasteiger partial charge in [0.1, 0.15) is 0 Å². The standard InChI is InChI=1S/C14H20N2O2S.C8H8O2S/c15-14-9-5-4-6-12(16-14)10-11-19(17,18)13-7-2-1-3-8-13;1-2-11(9,10)8-6-4-3-5-7-8/h1-3,7-8,12H,4-6,9-11H2,(H2,15,16);2-7H,1H2. The van der Waals surface area contributed by atoms with Crippen LogP contribution in [-0.2, 0) is 19.7 Å². The molecule has 0 fully saturated rings. The van der Waals surface area contributed by atoms with Gasteiger partial charge in [0.2, 0.25) is 0 Å². The highest BCUT2D eigenvalue weighted by Gasteiger charge is 2.18. The molecule has 2 aromatic rings. The lowest BCUT2D eigenvalue weighted by molar-refractivity contribution is 0.558. The highest BCUT2D eigenvalue weighted by atomic mass is 32.2. The second-order valence-corrected chi connectivity index (χ2v) is 11.0. The average Bonchev–Trinajstić information content (AvgIpc) is 2.98. The van der Waals surface area contributed by atoms with E-state index in [1.807, 2.05) is 6.07 Å². The number of amidine groups is 1. The van der Waals surface area contributed by atoms with Crippen LogP contribution in [0.25, 0.3) is 0 Å². The first-order valence-corrected chi connectivity index (χ1v) is 13.0. The molecule has 1 unspecified atom stereocenters. The molecule has 0 aromatic heterocycles. The molecule has 162 valence electrons. The maximum atomic E-state index is 12.2. The normalized spacial score (nSPS) is 17.1. The topological polar surface area (TPSA) is 107 Å². The molecule has 0 radical (unpaired) electrons. The minimum atomic E-state index is -3.23. The minimum Gasteiger partial charge on any atom is -0.387 e. The predicted molar refractivity (Wildman–Crippen MR) is 121 cm³/mol. The van der Waals surface area contributed by atoms with Gasteiger partial charge >= 0.3 is 0 Å². The Bertz CT molecular complexity index is 1050. The van der Waals surface area contributed by atoms with Gasteiger partial charge in [0, 0.05) is 11.8 Å². The second-order valence-electron chi connectivity index (χ2n) is 6.97. The summed E-state index contributed by atoms with van der Waals surface area (Å²) < 4.78 is 46.5. The molecular formula is C22H28N2O4S2. The Kier molecular flexibility index (Phi) is 8.80. The number of nitrogens with two attached hydrogens (primary N) is 1. The fraction of sp³-hybridized carbons (Fsp3) is 0.318. The molecule has 0 spiro atoms. The quantitative estimate of drug-likeness (QED) is 0.724. The summed E-state index contributed by atoms with van der Waals surface area (Å²) in [6, 6.07) is 16.8. The zero-order valence-corrected chi connectivity index (χ0v) is 18.5. The Hall–Kier alpha value is -2.45. The van der Waals surface area contributed by atoms with Crippen LogP contribution in [0.5, 0.6) is 0 Å². The summed E-state index contributed by atoms with van der Waals surface area (Å²) in [5, 5.41) is 0.947. The summed E-state index contributed by atoms with van der Waals surface area (Å²) >= 11 is 0. The molecule has 1 aliphatic rings. The molecule has 0 aliphatic carbocycles. The van der Waals surface area contributed by atoms with Gasteiger partial charge in [0.15, 0.2) is 19.7 Å². The van der Waals surface area contributed by atoms with E-state index in [4.69, 9.17) is 5.73 Å². The molecule has 0 saturated heterocycles. The first-order valence-electron chi connectivity index (χ1n) is 9.77. The monoisotopic (exact) mass is 448 g/mol. The van der Waals surface area contributed by atoms with Gasteiger partial charge in [-0.3, -0.25) is 4.99 Å². The summed E-state index contributed by atoms with van der Waals surface area (Å²) in [4.78, 5) is 5.08. The third-order valence-corrected chi connectivity index (χ3v) is 7.81. The molecular weight excluding hydrogens is 420 g/mol. The highest BCUT2D eigenvalue weighted by molar-refractivity contribution is 7.94. The molecule has 3 rings (SSSR count). The molecule has 1 heterocycles. The highest BCUT2D eigenvalue weighted by Crippen LogP contribution is 2.18. The van der Waals surface area contributed by atoms with E-state index in [0.29, 0.717) is 17.2 Å². The van der Waals surface area contributed by atoms with Crippen molar-refractivity contribution in [1.29, 1.82) is 0 Å². The molecule has 2 N–H and O–H groups in total. The molecule has 1 aliphatic heterocycles. The van der Waals surface area contributed by atoms with E-state index in [9.17, 15) is 16.8 Å². The van der Waals surface area contributed by atoms with Gasteiger partial charge in [-0.2, -0.15) is 0 Å². The number of rotatable bonds is 6. The number of sulfone groups is 2. The zero-order chi connectivity index (χ0) is 22.0. The second kappa shape index (κ2) is 11.1. The Morgan fingerprint density at radius 2 is 1.50 bits per heavy atom. The van der Waals surface area contributed by atoms with Gasteiger partial charge in [-0.05, 0) is 43.5 Å². The molecule has 2 aromatic carbocycles. The molecule has 8 heteroatoms. The Balaban J connectivity index is 0.000000248. The van der Waals surface area contributed by atoms with E-state index in [2.05, 4.69) is 11.6 Å². The van der Waals surface area contributed by atoms with E-state index in [1.165, 1.54) is 12.1 Å². The average molecular weight is 449 g/mol. The lowest BCUT2D eigenvalue weighted by Gasteiger charge is -2.11. The van der Waals surface area contributed by atoms with Gasteiger partial charge in [-0.25, -0.2) is 16.8 Å². The lowest BCUT2D eigenvalue weighted by Crippen LogP contribution is -2.17. The fourth-order valence-corrected chi connectivity index (χ4v) is 5.12. The van der Waals surface area contributed by atoms with Gasteiger partial charge in [0.05, 0.1) is 27.4 Å². The summed E-state index contributed by atoms with van der Waals surface area (Å²) in [6.07, 6.45) is 4.45. The van der Waals surface area contributed by atoms with Crippen molar-refractivity contribution < 1.29 is 16.8 Å². The van der Waals surface area contributed by atoms with Crippen molar-refractivity contribution in [3.63, 3.8) is 0 Å². The smallest absolute Gasteiger partial charge is 0.199 e. The van der Waals surface area contributed by atoms with Crippen LogP contribution in [0.3, 0.4) is 0 Å². The molecule has 0 bridgehead atoms. The number of hydrogen-bond acceptors (Lipinski definition) is 6. The molecule has 6 nitrogen and oxygen atoms in total. The van der Waals surface area contributed by atoms with E-state index < -0.39 is 19.7 Å². The Morgan fingerprint density at radius 3 is 2.07 bits per heavy atom. The van der Waals surface area contributed by atoms with E-state index in [-0.39, 0.29) is 16.7 Å². The van der Waals surface area contributed by atoms with Crippen LogP contribution in [-0.4, -0.2) is 34.5 Å². The number of hydrogen-bond donors (Lipinski definition) is 1. The summed E-state index contributed by atoms with van der Waals surface area (Å²) in [5.74, 6) is 0.804. The summed E-state index contributed by atoms with van der Waals surface area (Å²) in [5.41, 5.74) is 5.78. The van der Waals surface area contributed by atoms with Gasteiger partial charge in [-0.15, -0.1) is 0 Å². The van der Waals surface area contributed by atoms with Crippen molar-refractivity contribution in [2.24, 2.45) is 10.7 Å². The number of aliphatic imine (C=N–C) groups is 1. The Labute approximate surface area is 179 Å². The molecule has 0 saturated carbocycles. The lowest BCUT2D eigenvalue weighted by atomic mass is 10.1. The Morgan fingerprint density at radius 1 is 0.933 bits per heavy atom. The maximum Gasteiger partial charge on any atom is 0.199 e. The van der Waals surface area contributed by atoms with E-state index in [0.717, 1.165) is 31.1 Å². The van der Waals surface area contributed by atoms with E-state index >= 15 is 0 Å². The first kappa shape index (κ1) is 23.8. The first-order chi connectivity index (χ1) is 14.2. The third kappa shape index (κ3) is 7.42. The minimum absolute atomic E-state index is 0.0565. The fourth-order valence-electron chi connectivity index (χ4n) is 3.00. The maximum absolute atomic E-state index is 12.2. The number of nitrogens with zero attached hydrogens (tertiary/aromatic N) is 1. The van der Waals surface area contributed by atoms with Gasteiger partial charge < -0.3 is 5.73 Å². The van der Waals surface area contributed by atoms with Crippen molar-refractivity contribution in [2.45, 2.75) is 47.9 Å². The summed E-state index contributed by atoms with van der Waals surface area (Å²) in [7, 11) is -6.43. The van der Waals surface area contributed by atoms with Crippen molar-refractivity contribution >= 4 is 25.5 Å². The third-order valence-electron chi connectivity index (χ3n) is 4.68. The largest absolute Gasteiger partial charge is 0.387 e. The van der Waals surface area contributed by atoms with Crippen LogP contribution in [0, 0.1) is 0 Å². The zero-order valence-electron chi connectivity index (χ0n) is 16.9. The summed E-state index contributed by atoms with van der Waals surface area (Å²) in [6.45, 7) is 3.22. The van der Waals surface area contributed by atoms with Crippen LogP contribution in [0.2, 0.25) is 0 Å². The van der Waals surface area contributed by atoms with Crippen LogP contribution >= 0.6 is 0 Å². The van der Waals surface area contributed by atoms with Gasteiger partial charge in [-0.1, -0.05) is 49.4 Å². The molecule has 30 heavy (non-hydrogen) atoms. The number of benzene rings is 2. The van der Waals surface area contributed by atoms with Crippen molar-refractivity contribution in [3.05, 3.63) is 72.7 Å². The molecule has 1 atom stereocenters.